The van der Waals surface area contributed by atoms with Gasteiger partial charge in [0.05, 0.1) is 5.56 Å². The van der Waals surface area contributed by atoms with Crippen molar-refractivity contribution >= 4 is 5.97 Å². The van der Waals surface area contributed by atoms with Gasteiger partial charge in [-0.3, -0.25) is 0 Å². The van der Waals surface area contributed by atoms with Crippen LogP contribution in [0.25, 0.3) is 0 Å². The van der Waals surface area contributed by atoms with Crippen LogP contribution in [0.2, 0.25) is 0 Å². The molecule has 0 aliphatic heterocycles. The molecule has 1 rings (SSSR count). The van der Waals surface area contributed by atoms with Crippen LogP contribution in [0, 0.1) is 6.92 Å². The van der Waals surface area contributed by atoms with Gasteiger partial charge in [0, 0.05) is 5.69 Å². The predicted octanol–water partition coefficient (Wildman–Crippen LogP) is 1.73. The molecule has 76 valence electrons. The largest absolute Gasteiger partial charge is 0.505 e. The van der Waals surface area contributed by atoms with Gasteiger partial charge in [-0.05, 0) is 13.0 Å². The van der Waals surface area contributed by atoms with Crippen LogP contribution in [0.1, 0.15) is 28.2 Å². The normalized spacial score (nSPS) is 10.6. The molecule has 4 nitrogen and oxygen atoms in total. The zero-order valence-electron chi connectivity index (χ0n) is 7.16. The minimum atomic E-state index is -2.92. The maximum Gasteiger partial charge on any atom is 0.358 e. The standard InChI is InChI=1S/C8H7F2NO3/c1-3-2-4(7(9)10)6(12)5(11-3)8(13)14/h2,7,12H,1H3,(H,13,14). The topological polar surface area (TPSA) is 70.4 Å². The van der Waals surface area contributed by atoms with Gasteiger partial charge in [-0.25, -0.2) is 18.6 Å². The number of rotatable bonds is 2. The molecule has 0 atom stereocenters. The monoisotopic (exact) mass is 203 g/mol. The number of aryl methyl sites for hydroxylation is 1. The van der Waals surface area contributed by atoms with E-state index in [0.717, 1.165) is 6.07 Å². The van der Waals surface area contributed by atoms with Crippen LogP contribution in [-0.4, -0.2) is 21.2 Å². The minimum absolute atomic E-state index is 0.121. The molecule has 0 aliphatic carbocycles. The molecule has 0 aromatic carbocycles. The second-order valence-electron chi connectivity index (χ2n) is 2.66. The number of carboxylic acids is 1. The molecule has 0 spiro atoms. The summed E-state index contributed by atoms with van der Waals surface area (Å²) in [7, 11) is 0. The fourth-order valence-corrected chi connectivity index (χ4v) is 1.01. The van der Waals surface area contributed by atoms with Gasteiger partial charge in [-0.1, -0.05) is 0 Å². The molecule has 1 heterocycles. The van der Waals surface area contributed by atoms with Gasteiger partial charge in [0.25, 0.3) is 6.43 Å². The summed E-state index contributed by atoms with van der Waals surface area (Å²) in [6.45, 7) is 1.37. The van der Waals surface area contributed by atoms with E-state index in [1.54, 1.807) is 0 Å². The van der Waals surface area contributed by atoms with Gasteiger partial charge in [-0.15, -0.1) is 0 Å². The lowest BCUT2D eigenvalue weighted by Crippen LogP contribution is -2.04. The number of aromatic carboxylic acids is 1. The van der Waals surface area contributed by atoms with Crippen LogP contribution in [0.3, 0.4) is 0 Å². The number of nitrogens with zero attached hydrogens (tertiary/aromatic N) is 1. The first-order chi connectivity index (χ1) is 6.43. The van der Waals surface area contributed by atoms with Crippen molar-refractivity contribution in [1.82, 2.24) is 4.98 Å². The molecule has 2 N–H and O–H groups in total. The number of aromatic hydroxyl groups is 1. The van der Waals surface area contributed by atoms with Gasteiger partial charge in [-0.2, -0.15) is 0 Å². The van der Waals surface area contributed by atoms with Crippen molar-refractivity contribution in [3.8, 4) is 5.75 Å². The maximum atomic E-state index is 12.3. The van der Waals surface area contributed by atoms with E-state index < -0.39 is 29.4 Å². The third kappa shape index (κ3) is 1.78. The molecule has 0 radical (unpaired) electrons. The van der Waals surface area contributed by atoms with Crippen molar-refractivity contribution in [2.45, 2.75) is 13.3 Å². The molecule has 0 saturated carbocycles. The van der Waals surface area contributed by atoms with Gasteiger partial charge in [0.15, 0.2) is 11.4 Å². The van der Waals surface area contributed by atoms with Crippen LogP contribution < -0.4 is 0 Å². The van der Waals surface area contributed by atoms with Crippen molar-refractivity contribution in [2.24, 2.45) is 0 Å². The Labute approximate surface area is 77.8 Å². The number of hydrogen-bond donors (Lipinski definition) is 2. The third-order valence-corrected chi connectivity index (χ3v) is 1.59. The minimum Gasteiger partial charge on any atom is -0.505 e. The summed E-state index contributed by atoms with van der Waals surface area (Å²) in [5.41, 5.74) is -1.34. The average molecular weight is 203 g/mol. The number of pyridine rings is 1. The van der Waals surface area contributed by atoms with Crippen molar-refractivity contribution in [3.05, 3.63) is 23.0 Å². The maximum absolute atomic E-state index is 12.3. The SMILES string of the molecule is Cc1cc(C(F)F)c(O)c(C(=O)O)n1. The highest BCUT2D eigenvalue weighted by Crippen LogP contribution is 2.30. The zero-order valence-corrected chi connectivity index (χ0v) is 7.16. The Balaban J connectivity index is 3.40. The first kappa shape index (κ1) is 10.4. The van der Waals surface area contributed by atoms with Crippen LogP contribution in [0.4, 0.5) is 8.78 Å². The number of carboxylic acid groups (broad SMARTS) is 1. The third-order valence-electron chi connectivity index (χ3n) is 1.59. The number of carbonyl (C=O) groups is 1. The number of aromatic nitrogens is 1. The van der Waals surface area contributed by atoms with Gasteiger partial charge >= 0.3 is 5.97 Å². The molecule has 0 amide bonds. The van der Waals surface area contributed by atoms with E-state index in [4.69, 9.17) is 10.2 Å². The molecular weight excluding hydrogens is 196 g/mol. The van der Waals surface area contributed by atoms with E-state index in [9.17, 15) is 13.6 Å². The van der Waals surface area contributed by atoms with E-state index >= 15 is 0 Å². The Morgan fingerprint density at radius 3 is 2.57 bits per heavy atom. The van der Waals surface area contributed by atoms with Crippen molar-refractivity contribution in [1.29, 1.82) is 0 Å². The van der Waals surface area contributed by atoms with Gasteiger partial charge in [0.2, 0.25) is 0 Å². The van der Waals surface area contributed by atoms with Crippen LogP contribution in [0.15, 0.2) is 6.07 Å². The van der Waals surface area contributed by atoms with E-state index in [1.165, 1.54) is 6.92 Å². The average Bonchev–Trinajstić information content (AvgIpc) is 2.07. The Morgan fingerprint density at radius 2 is 2.14 bits per heavy atom. The summed E-state index contributed by atoms with van der Waals surface area (Å²) < 4.78 is 24.5. The van der Waals surface area contributed by atoms with E-state index in [2.05, 4.69) is 4.98 Å². The van der Waals surface area contributed by atoms with Gasteiger partial charge < -0.3 is 10.2 Å². The van der Waals surface area contributed by atoms with Crippen molar-refractivity contribution in [3.63, 3.8) is 0 Å². The molecule has 0 saturated heterocycles. The fourth-order valence-electron chi connectivity index (χ4n) is 1.01. The summed E-state index contributed by atoms with van der Waals surface area (Å²) in [5, 5.41) is 17.7. The van der Waals surface area contributed by atoms with E-state index in [-0.39, 0.29) is 5.69 Å². The van der Waals surface area contributed by atoms with Crippen molar-refractivity contribution in [2.75, 3.05) is 0 Å². The Hall–Kier alpha value is -1.72. The Bertz CT molecular complexity index is 379. The molecular formula is C8H7F2NO3. The first-order valence-electron chi connectivity index (χ1n) is 3.65. The number of halogens is 2. The predicted molar refractivity (Wildman–Crippen MR) is 42.6 cm³/mol. The second-order valence-corrected chi connectivity index (χ2v) is 2.66. The van der Waals surface area contributed by atoms with E-state index in [0.29, 0.717) is 0 Å². The lowest BCUT2D eigenvalue weighted by molar-refractivity contribution is 0.0685. The lowest BCUT2D eigenvalue weighted by atomic mass is 10.1. The molecule has 0 fully saturated rings. The summed E-state index contributed by atoms with van der Waals surface area (Å²) in [6.07, 6.45) is -2.92. The molecule has 0 unspecified atom stereocenters. The summed E-state index contributed by atoms with van der Waals surface area (Å²) in [5.74, 6) is -2.51. The summed E-state index contributed by atoms with van der Waals surface area (Å²) >= 11 is 0. The molecule has 0 aliphatic rings. The smallest absolute Gasteiger partial charge is 0.358 e. The zero-order chi connectivity index (χ0) is 10.9. The quantitative estimate of drug-likeness (QED) is 0.767. The molecule has 6 heteroatoms. The summed E-state index contributed by atoms with van der Waals surface area (Å²) in [6, 6.07) is 0.951. The molecule has 1 aromatic rings. The van der Waals surface area contributed by atoms with Crippen LogP contribution >= 0.6 is 0 Å². The highest BCUT2D eigenvalue weighted by Gasteiger charge is 2.21. The van der Waals surface area contributed by atoms with Crippen LogP contribution in [-0.2, 0) is 0 Å². The second kappa shape index (κ2) is 3.57. The molecule has 0 bridgehead atoms. The van der Waals surface area contributed by atoms with Crippen LogP contribution in [0.5, 0.6) is 5.75 Å². The summed E-state index contributed by atoms with van der Waals surface area (Å²) in [4.78, 5) is 13.9. The number of alkyl halides is 2. The van der Waals surface area contributed by atoms with E-state index in [1.807, 2.05) is 0 Å². The highest BCUT2D eigenvalue weighted by molar-refractivity contribution is 5.89. The van der Waals surface area contributed by atoms with Crippen molar-refractivity contribution < 1.29 is 23.8 Å². The lowest BCUT2D eigenvalue weighted by Gasteiger charge is -2.06. The Kier molecular flexibility index (Phi) is 2.64. The molecule has 14 heavy (non-hydrogen) atoms. The number of hydrogen-bond acceptors (Lipinski definition) is 3. The Morgan fingerprint density at radius 1 is 1.57 bits per heavy atom. The first-order valence-corrected chi connectivity index (χ1v) is 3.65. The fraction of sp³-hybridized carbons (Fsp3) is 0.250. The highest BCUT2D eigenvalue weighted by atomic mass is 19.3. The van der Waals surface area contributed by atoms with Gasteiger partial charge in [0.1, 0.15) is 0 Å². The molecule has 1 aromatic heterocycles.